The molecule has 2 aromatic rings. The van der Waals surface area contributed by atoms with Gasteiger partial charge in [0, 0.05) is 30.8 Å². The van der Waals surface area contributed by atoms with Gasteiger partial charge in [0.25, 0.3) is 5.89 Å². The molecule has 3 rings (SSSR count). The maximum atomic E-state index is 10.9. The van der Waals surface area contributed by atoms with Crippen LogP contribution in [0.15, 0.2) is 22.9 Å². The molecule has 1 aliphatic carbocycles. The molecule has 1 fully saturated rings. The fraction of sp³-hybridized carbons (Fsp3) is 0.500. The van der Waals surface area contributed by atoms with Crippen LogP contribution in [0.3, 0.4) is 0 Å². The minimum Gasteiger partial charge on any atom is -0.481 e. The number of hydrogen-bond donors (Lipinski definition) is 1. The SMILES string of the molecule is CC(C)c1noc(-c2ccnc(N(C)C3CC(C(=O)O)C3)c2)n1. The summed E-state index contributed by atoms with van der Waals surface area (Å²) in [6, 6.07) is 3.93. The van der Waals surface area contributed by atoms with Gasteiger partial charge in [-0.2, -0.15) is 4.98 Å². The van der Waals surface area contributed by atoms with Crippen molar-refractivity contribution in [3.8, 4) is 11.5 Å². The van der Waals surface area contributed by atoms with Crippen LogP contribution in [-0.4, -0.2) is 39.3 Å². The van der Waals surface area contributed by atoms with E-state index in [2.05, 4.69) is 15.1 Å². The smallest absolute Gasteiger partial charge is 0.306 e. The molecule has 122 valence electrons. The van der Waals surface area contributed by atoms with Gasteiger partial charge in [-0.3, -0.25) is 4.79 Å². The first-order chi connectivity index (χ1) is 11.0. The lowest BCUT2D eigenvalue weighted by Gasteiger charge is -2.39. The number of anilines is 1. The van der Waals surface area contributed by atoms with E-state index in [-0.39, 0.29) is 17.9 Å². The van der Waals surface area contributed by atoms with Crippen molar-refractivity contribution < 1.29 is 14.4 Å². The zero-order valence-corrected chi connectivity index (χ0v) is 13.4. The van der Waals surface area contributed by atoms with E-state index in [0.29, 0.717) is 24.6 Å². The fourth-order valence-electron chi connectivity index (χ4n) is 2.62. The van der Waals surface area contributed by atoms with E-state index in [4.69, 9.17) is 9.63 Å². The van der Waals surface area contributed by atoms with Gasteiger partial charge < -0.3 is 14.5 Å². The molecule has 0 spiro atoms. The predicted octanol–water partition coefficient (Wildman–Crippen LogP) is 2.55. The highest BCUT2D eigenvalue weighted by Crippen LogP contribution is 2.34. The van der Waals surface area contributed by atoms with Gasteiger partial charge in [-0.05, 0) is 25.0 Å². The third-order valence-corrected chi connectivity index (χ3v) is 4.32. The highest BCUT2D eigenvalue weighted by molar-refractivity contribution is 5.71. The Balaban J connectivity index is 1.76. The Morgan fingerprint density at radius 3 is 2.78 bits per heavy atom. The Morgan fingerprint density at radius 2 is 2.17 bits per heavy atom. The molecule has 7 heteroatoms. The van der Waals surface area contributed by atoms with Crippen LogP contribution in [0.25, 0.3) is 11.5 Å². The number of carbonyl (C=O) groups is 1. The number of nitrogens with zero attached hydrogens (tertiary/aromatic N) is 4. The molecule has 23 heavy (non-hydrogen) atoms. The summed E-state index contributed by atoms with van der Waals surface area (Å²) in [6.45, 7) is 4.02. The zero-order chi connectivity index (χ0) is 16.6. The summed E-state index contributed by atoms with van der Waals surface area (Å²) in [5, 5.41) is 13.0. The molecule has 0 aliphatic heterocycles. The first-order valence-electron chi connectivity index (χ1n) is 7.71. The van der Waals surface area contributed by atoms with Crippen molar-refractivity contribution in [1.29, 1.82) is 0 Å². The van der Waals surface area contributed by atoms with Crippen LogP contribution in [0, 0.1) is 5.92 Å². The van der Waals surface area contributed by atoms with Crippen molar-refractivity contribution >= 4 is 11.8 Å². The predicted molar refractivity (Wildman–Crippen MR) is 84.2 cm³/mol. The molecule has 2 aromatic heterocycles. The van der Waals surface area contributed by atoms with E-state index < -0.39 is 5.97 Å². The normalized spacial score (nSPS) is 20.3. The standard InChI is InChI=1S/C16H20N4O3/c1-9(2)14-18-15(23-19-14)10-4-5-17-13(8-10)20(3)12-6-11(7-12)16(21)22/h4-5,8-9,11-12H,6-7H2,1-3H3,(H,21,22). The second-order valence-electron chi connectivity index (χ2n) is 6.29. The molecule has 0 atom stereocenters. The third-order valence-electron chi connectivity index (χ3n) is 4.32. The molecule has 0 aromatic carbocycles. The lowest BCUT2D eigenvalue weighted by Crippen LogP contribution is -2.45. The van der Waals surface area contributed by atoms with E-state index in [1.807, 2.05) is 37.9 Å². The third kappa shape index (κ3) is 3.04. The summed E-state index contributed by atoms with van der Waals surface area (Å²) in [5.74, 6) is 1.18. The van der Waals surface area contributed by atoms with Crippen molar-refractivity contribution in [1.82, 2.24) is 15.1 Å². The molecule has 0 unspecified atom stereocenters. The van der Waals surface area contributed by atoms with Gasteiger partial charge in [-0.1, -0.05) is 19.0 Å². The van der Waals surface area contributed by atoms with Crippen LogP contribution in [0.1, 0.15) is 38.4 Å². The topological polar surface area (TPSA) is 92.4 Å². The van der Waals surface area contributed by atoms with Crippen molar-refractivity contribution in [2.75, 3.05) is 11.9 Å². The van der Waals surface area contributed by atoms with Crippen molar-refractivity contribution in [3.63, 3.8) is 0 Å². The molecular weight excluding hydrogens is 296 g/mol. The maximum absolute atomic E-state index is 10.9. The first-order valence-corrected chi connectivity index (χ1v) is 7.71. The monoisotopic (exact) mass is 316 g/mol. The molecule has 1 saturated carbocycles. The van der Waals surface area contributed by atoms with E-state index in [9.17, 15) is 4.79 Å². The minimum atomic E-state index is -0.719. The maximum Gasteiger partial charge on any atom is 0.306 e. The Labute approximate surface area is 134 Å². The van der Waals surface area contributed by atoms with E-state index in [1.165, 1.54) is 0 Å². The van der Waals surface area contributed by atoms with Crippen LogP contribution in [0.5, 0.6) is 0 Å². The lowest BCUT2D eigenvalue weighted by atomic mass is 9.79. The van der Waals surface area contributed by atoms with Gasteiger partial charge in [0.05, 0.1) is 5.92 Å². The zero-order valence-electron chi connectivity index (χ0n) is 13.4. The lowest BCUT2D eigenvalue weighted by molar-refractivity contribution is -0.145. The summed E-state index contributed by atoms with van der Waals surface area (Å²) < 4.78 is 5.31. The van der Waals surface area contributed by atoms with Gasteiger partial charge in [0.15, 0.2) is 5.82 Å². The number of rotatable bonds is 5. The van der Waals surface area contributed by atoms with Gasteiger partial charge in [-0.25, -0.2) is 4.98 Å². The van der Waals surface area contributed by atoms with Crippen LogP contribution in [0.4, 0.5) is 5.82 Å². The Bertz CT molecular complexity index is 707. The second kappa shape index (κ2) is 5.98. The Kier molecular flexibility index (Phi) is 4.02. The van der Waals surface area contributed by atoms with E-state index in [1.54, 1.807) is 6.20 Å². The summed E-state index contributed by atoms with van der Waals surface area (Å²) in [7, 11) is 1.93. The van der Waals surface area contributed by atoms with Crippen LogP contribution < -0.4 is 4.90 Å². The molecule has 0 radical (unpaired) electrons. The van der Waals surface area contributed by atoms with Crippen LogP contribution in [-0.2, 0) is 4.79 Å². The molecular formula is C16H20N4O3. The molecule has 1 aliphatic rings. The molecule has 0 saturated heterocycles. The largest absolute Gasteiger partial charge is 0.481 e. The second-order valence-corrected chi connectivity index (χ2v) is 6.29. The minimum absolute atomic E-state index is 0.202. The van der Waals surface area contributed by atoms with Gasteiger partial charge in [0.2, 0.25) is 0 Å². The number of aliphatic carboxylic acids is 1. The highest BCUT2D eigenvalue weighted by atomic mass is 16.5. The molecule has 0 amide bonds. The highest BCUT2D eigenvalue weighted by Gasteiger charge is 2.37. The summed E-state index contributed by atoms with van der Waals surface area (Å²) in [6.07, 6.45) is 3.00. The average Bonchev–Trinajstić information content (AvgIpc) is 2.95. The molecule has 0 bridgehead atoms. The van der Waals surface area contributed by atoms with Crippen LogP contribution >= 0.6 is 0 Å². The number of aromatic nitrogens is 3. The van der Waals surface area contributed by atoms with Gasteiger partial charge >= 0.3 is 5.97 Å². The fourth-order valence-corrected chi connectivity index (χ4v) is 2.62. The van der Waals surface area contributed by atoms with Crippen LogP contribution in [0.2, 0.25) is 0 Å². The average molecular weight is 316 g/mol. The van der Waals surface area contributed by atoms with Crippen molar-refractivity contribution in [3.05, 3.63) is 24.2 Å². The first kappa shape index (κ1) is 15.5. The van der Waals surface area contributed by atoms with E-state index in [0.717, 1.165) is 11.4 Å². The van der Waals surface area contributed by atoms with Gasteiger partial charge in [-0.15, -0.1) is 0 Å². The van der Waals surface area contributed by atoms with E-state index >= 15 is 0 Å². The van der Waals surface area contributed by atoms with Crippen molar-refractivity contribution in [2.45, 2.75) is 38.6 Å². The summed E-state index contributed by atoms with van der Waals surface area (Å²) in [5.41, 5.74) is 0.815. The molecule has 2 heterocycles. The molecule has 7 nitrogen and oxygen atoms in total. The number of carboxylic acids is 1. The quantitative estimate of drug-likeness (QED) is 0.906. The molecule has 1 N–H and O–H groups in total. The Morgan fingerprint density at radius 1 is 1.43 bits per heavy atom. The number of pyridine rings is 1. The van der Waals surface area contributed by atoms with Gasteiger partial charge in [0.1, 0.15) is 5.82 Å². The number of carboxylic acid groups (broad SMARTS) is 1. The summed E-state index contributed by atoms with van der Waals surface area (Å²) >= 11 is 0. The van der Waals surface area contributed by atoms with Crippen molar-refractivity contribution in [2.24, 2.45) is 5.92 Å². The number of hydrogen-bond acceptors (Lipinski definition) is 6. The summed E-state index contributed by atoms with van der Waals surface area (Å²) in [4.78, 5) is 21.7. The Hall–Kier alpha value is -2.44.